The monoisotopic (exact) mass is 352 g/mol. The van der Waals surface area contributed by atoms with Crippen LogP contribution in [0.15, 0.2) is 40.9 Å². The summed E-state index contributed by atoms with van der Waals surface area (Å²) in [6.07, 6.45) is 0. The highest BCUT2D eigenvalue weighted by Gasteiger charge is 2.12. The van der Waals surface area contributed by atoms with Gasteiger partial charge in [0.2, 0.25) is 0 Å². The van der Waals surface area contributed by atoms with Crippen molar-refractivity contribution in [1.82, 2.24) is 0 Å². The second-order valence-corrected chi connectivity index (χ2v) is 5.97. The molecule has 2 aromatic carbocycles. The first-order valence-corrected chi connectivity index (χ1v) is 7.56. The van der Waals surface area contributed by atoms with E-state index in [0.29, 0.717) is 11.5 Å². The smallest absolute Gasteiger partial charge is 0.171 e. The second-order valence-electron chi connectivity index (χ2n) is 5.06. The van der Waals surface area contributed by atoms with Crippen LogP contribution >= 0.6 is 15.9 Å². The molecule has 0 aromatic heterocycles. The third-order valence-corrected chi connectivity index (χ3v) is 3.73. The van der Waals surface area contributed by atoms with Crippen molar-refractivity contribution in [2.24, 2.45) is 0 Å². The minimum absolute atomic E-state index is 0.171. The first-order valence-electron chi connectivity index (χ1n) is 6.76. The van der Waals surface area contributed by atoms with Gasteiger partial charge in [-0.1, -0.05) is 41.9 Å². The Kier molecular flexibility index (Phi) is 5.23. The van der Waals surface area contributed by atoms with Crippen LogP contribution in [0.25, 0.3) is 0 Å². The average molecular weight is 353 g/mol. The first kappa shape index (κ1) is 15.8. The Morgan fingerprint density at radius 3 is 2.57 bits per heavy atom. The van der Waals surface area contributed by atoms with E-state index < -0.39 is 0 Å². The van der Waals surface area contributed by atoms with Crippen molar-refractivity contribution in [3.8, 4) is 11.5 Å². The molecule has 0 N–H and O–H groups in total. The van der Waals surface area contributed by atoms with E-state index in [0.717, 1.165) is 15.8 Å². The predicted octanol–water partition coefficient (Wildman–Crippen LogP) is 5.30. The van der Waals surface area contributed by atoms with Gasteiger partial charge in [0.15, 0.2) is 11.6 Å². The number of halogens is 2. The van der Waals surface area contributed by atoms with Crippen molar-refractivity contribution in [1.29, 1.82) is 0 Å². The maximum absolute atomic E-state index is 14.1. The molecule has 0 radical (unpaired) electrons. The quantitative estimate of drug-likeness (QED) is 0.726. The Bertz CT molecular complexity index is 626. The van der Waals surface area contributed by atoms with E-state index in [1.54, 1.807) is 18.2 Å². The maximum atomic E-state index is 14.1. The molecule has 0 saturated heterocycles. The van der Waals surface area contributed by atoms with Crippen LogP contribution in [0.1, 0.15) is 30.9 Å². The molecule has 4 heteroatoms. The fourth-order valence-electron chi connectivity index (χ4n) is 2.08. The lowest BCUT2D eigenvalue weighted by molar-refractivity contribution is 0.292. The Labute approximate surface area is 133 Å². The fraction of sp³-hybridized carbons (Fsp3) is 0.294. The van der Waals surface area contributed by atoms with E-state index >= 15 is 0 Å². The van der Waals surface area contributed by atoms with Gasteiger partial charge in [-0.05, 0) is 35.7 Å². The zero-order valence-electron chi connectivity index (χ0n) is 12.3. The molecule has 0 aliphatic rings. The summed E-state index contributed by atoms with van der Waals surface area (Å²) in [5.74, 6) is 0.960. The van der Waals surface area contributed by atoms with Gasteiger partial charge >= 0.3 is 0 Å². The summed E-state index contributed by atoms with van der Waals surface area (Å²) in [6, 6.07) is 10.9. The highest BCUT2D eigenvalue weighted by atomic mass is 79.9. The van der Waals surface area contributed by atoms with Crippen LogP contribution in [0.4, 0.5) is 4.39 Å². The van der Waals surface area contributed by atoms with Gasteiger partial charge in [0, 0.05) is 10.0 Å². The molecular formula is C17H18BrFO2. The molecule has 0 saturated carbocycles. The van der Waals surface area contributed by atoms with Crippen LogP contribution in [0.5, 0.6) is 11.5 Å². The normalized spacial score (nSPS) is 10.8. The number of hydrogen-bond acceptors (Lipinski definition) is 2. The summed E-state index contributed by atoms with van der Waals surface area (Å²) in [7, 11) is 1.45. The maximum Gasteiger partial charge on any atom is 0.171 e. The van der Waals surface area contributed by atoms with Crippen LogP contribution in [0.2, 0.25) is 0 Å². The lowest BCUT2D eigenvalue weighted by Gasteiger charge is -2.15. The molecule has 0 spiro atoms. The summed E-state index contributed by atoms with van der Waals surface area (Å²) >= 11 is 3.46. The topological polar surface area (TPSA) is 18.5 Å². The van der Waals surface area contributed by atoms with Gasteiger partial charge in [-0.25, -0.2) is 4.39 Å². The molecule has 0 fully saturated rings. The second kappa shape index (κ2) is 6.94. The summed E-state index contributed by atoms with van der Waals surface area (Å²) in [5.41, 5.74) is 1.57. The van der Waals surface area contributed by atoms with Crippen LogP contribution in [0.3, 0.4) is 0 Å². The SMILES string of the molecule is COc1cccc(COc2ccc(Br)cc2C(C)C)c1F. The highest BCUT2D eigenvalue weighted by Crippen LogP contribution is 2.30. The zero-order valence-corrected chi connectivity index (χ0v) is 13.9. The lowest BCUT2D eigenvalue weighted by atomic mass is 10.0. The molecule has 0 aliphatic carbocycles. The summed E-state index contributed by atoms with van der Waals surface area (Å²) < 4.78 is 25.9. The molecular weight excluding hydrogens is 335 g/mol. The minimum atomic E-state index is -0.372. The van der Waals surface area contributed by atoms with Gasteiger partial charge in [0.05, 0.1) is 7.11 Å². The molecule has 2 nitrogen and oxygen atoms in total. The van der Waals surface area contributed by atoms with Crippen LogP contribution in [-0.4, -0.2) is 7.11 Å². The van der Waals surface area contributed by atoms with Gasteiger partial charge in [-0.2, -0.15) is 0 Å². The number of benzene rings is 2. The summed E-state index contributed by atoms with van der Waals surface area (Å²) in [5, 5.41) is 0. The van der Waals surface area contributed by atoms with Crippen molar-refractivity contribution >= 4 is 15.9 Å². The molecule has 2 rings (SSSR count). The molecule has 0 bridgehead atoms. The van der Waals surface area contributed by atoms with E-state index in [1.165, 1.54) is 7.11 Å². The standard InChI is InChI=1S/C17H18BrFO2/c1-11(2)14-9-13(18)7-8-15(14)21-10-12-5-4-6-16(20-3)17(12)19/h4-9,11H,10H2,1-3H3. The molecule has 112 valence electrons. The molecule has 0 aliphatic heterocycles. The predicted molar refractivity (Wildman–Crippen MR) is 85.5 cm³/mol. The molecule has 0 amide bonds. The van der Waals surface area contributed by atoms with Crippen molar-refractivity contribution < 1.29 is 13.9 Å². The van der Waals surface area contributed by atoms with Crippen molar-refractivity contribution in [3.05, 3.63) is 57.8 Å². The number of hydrogen-bond donors (Lipinski definition) is 0. The number of ether oxygens (including phenoxy) is 2. The number of methoxy groups -OCH3 is 1. The Morgan fingerprint density at radius 1 is 1.14 bits per heavy atom. The number of rotatable bonds is 5. The largest absolute Gasteiger partial charge is 0.494 e. The molecule has 0 heterocycles. The van der Waals surface area contributed by atoms with E-state index in [9.17, 15) is 4.39 Å². The van der Waals surface area contributed by atoms with Crippen molar-refractivity contribution in [2.45, 2.75) is 26.4 Å². The van der Waals surface area contributed by atoms with E-state index in [1.807, 2.05) is 18.2 Å². The van der Waals surface area contributed by atoms with Crippen LogP contribution in [-0.2, 0) is 6.61 Å². The first-order chi connectivity index (χ1) is 10.0. The van der Waals surface area contributed by atoms with E-state index in [-0.39, 0.29) is 18.2 Å². The third kappa shape index (κ3) is 3.76. The Balaban J connectivity index is 2.21. The summed E-state index contributed by atoms with van der Waals surface area (Å²) in [4.78, 5) is 0. The van der Waals surface area contributed by atoms with Crippen LogP contribution < -0.4 is 9.47 Å². The van der Waals surface area contributed by atoms with Crippen molar-refractivity contribution in [2.75, 3.05) is 7.11 Å². The fourth-order valence-corrected chi connectivity index (χ4v) is 2.46. The molecule has 2 aromatic rings. The highest BCUT2D eigenvalue weighted by molar-refractivity contribution is 9.10. The van der Waals surface area contributed by atoms with Gasteiger partial charge < -0.3 is 9.47 Å². The molecule has 21 heavy (non-hydrogen) atoms. The lowest BCUT2D eigenvalue weighted by Crippen LogP contribution is -2.03. The van der Waals surface area contributed by atoms with Gasteiger partial charge in [0.1, 0.15) is 12.4 Å². The van der Waals surface area contributed by atoms with Gasteiger partial charge in [-0.15, -0.1) is 0 Å². The average Bonchev–Trinajstić information content (AvgIpc) is 2.47. The third-order valence-electron chi connectivity index (χ3n) is 3.24. The van der Waals surface area contributed by atoms with Crippen LogP contribution in [0, 0.1) is 5.82 Å². The van der Waals surface area contributed by atoms with E-state index in [4.69, 9.17) is 9.47 Å². The van der Waals surface area contributed by atoms with Gasteiger partial charge in [-0.3, -0.25) is 0 Å². The molecule has 0 atom stereocenters. The van der Waals surface area contributed by atoms with Crippen molar-refractivity contribution in [3.63, 3.8) is 0 Å². The minimum Gasteiger partial charge on any atom is -0.494 e. The Hall–Kier alpha value is -1.55. The van der Waals surface area contributed by atoms with Gasteiger partial charge in [0.25, 0.3) is 0 Å². The summed E-state index contributed by atoms with van der Waals surface area (Å²) in [6.45, 7) is 4.37. The van der Waals surface area contributed by atoms with E-state index in [2.05, 4.69) is 29.8 Å². The Morgan fingerprint density at radius 2 is 1.90 bits per heavy atom. The molecule has 0 unspecified atom stereocenters. The zero-order chi connectivity index (χ0) is 15.4.